The molecule has 1 aromatic heterocycles. The highest BCUT2D eigenvalue weighted by Gasteiger charge is 2.12. The van der Waals surface area contributed by atoms with Gasteiger partial charge in [0.1, 0.15) is 5.82 Å². The summed E-state index contributed by atoms with van der Waals surface area (Å²) in [5.74, 6) is -0.0964. The number of aromatic carboxylic acids is 1. The minimum atomic E-state index is -0.936. The maximum absolute atomic E-state index is 11.0. The molecule has 0 saturated heterocycles. The van der Waals surface area contributed by atoms with Crippen molar-refractivity contribution in [3.8, 4) is 11.4 Å². The van der Waals surface area contributed by atoms with Crippen LogP contribution in [0.1, 0.15) is 15.9 Å². The molecule has 1 N–H and O–H groups in total. The van der Waals surface area contributed by atoms with E-state index in [0.717, 1.165) is 16.9 Å². The van der Waals surface area contributed by atoms with Gasteiger partial charge in [-0.3, -0.25) is 0 Å². The van der Waals surface area contributed by atoms with Crippen molar-refractivity contribution < 1.29 is 9.90 Å². The zero-order chi connectivity index (χ0) is 14.3. The average molecular weight is 266 g/mol. The van der Waals surface area contributed by atoms with Gasteiger partial charge in [-0.2, -0.15) is 0 Å². The Hall–Kier alpha value is -2.62. The Morgan fingerprint density at radius 2 is 2.00 bits per heavy atom. The standard InChI is InChI=1S/C16H14N2O2/c1-10-4-3-5-11(8-10)15-17-13-9-12(16(19)20)6-7-14(13)18(15)2/h3-9H,1-2H3,(H,19,20). The van der Waals surface area contributed by atoms with Crippen LogP contribution in [-0.4, -0.2) is 20.6 Å². The van der Waals surface area contributed by atoms with Crippen LogP contribution >= 0.6 is 0 Å². The minimum absolute atomic E-state index is 0.256. The zero-order valence-corrected chi connectivity index (χ0v) is 11.3. The summed E-state index contributed by atoms with van der Waals surface area (Å²) in [6.07, 6.45) is 0. The topological polar surface area (TPSA) is 55.1 Å². The molecule has 0 spiro atoms. The van der Waals surface area contributed by atoms with Gasteiger partial charge in [-0.1, -0.05) is 23.8 Å². The van der Waals surface area contributed by atoms with Crippen LogP contribution in [-0.2, 0) is 7.05 Å². The van der Waals surface area contributed by atoms with Crippen molar-refractivity contribution in [1.82, 2.24) is 9.55 Å². The first-order valence-electron chi connectivity index (χ1n) is 6.33. The number of carboxylic acid groups (broad SMARTS) is 1. The number of carbonyl (C=O) groups is 1. The molecule has 100 valence electrons. The Balaban J connectivity index is 2.22. The Labute approximate surface area is 116 Å². The fourth-order valence-corrected chi connectivity index (χ4v) is 2.38. The second-order valence-corrected chi connectivity index (χ2v) is 4.87. The van der Waals surface area contributed by atoms with Gasteiger partial charge in [0.2, 0.25) is 0 Å². The summed E-state index contributed by atoms with van der Waals surface area (Å²) >= 11 is 0. The minimum Gasteiger partial charge on any atom is -0.478 e. The van der Waals surface area contributed by atoms with Gasteiger partial charge in [0, 0.05) is 12.6 Å². The normalized spacial score (nSPS) is 10.9. The zero-order valence-electron chi connectivity index (χ0n) is 11.3. The van der Waals surface area contributed by atoms with Crippen LogP contribution in [0.4, 0.5) is 0 Å². The van der Waals surface area contributed by atoms with Crippen LogP contribution < -0.4 is 0 Å². The molecule has 0 atom stereocenters. The molecular weight excluding hydrogens is 252 g/mol. The van der Waals surface area contributed by atoms with Crippen LogP contribution in [0.5, 0.6) is 0 Å². The molecule has 4 heteroatoms. The lowest BCUT2D eigenvalue weighted by Gasteiger charge is -2.03. The Morgan fingerprint density at radius 3 is 2.70 bits per heavy atom. The first-order valence-corrected chi connectivity index (χ1v) is 6.33. The van der Waals surface area contributed by atoms with Crippen LogP contribution in [0.2, 0.25) is 0 Å². The number of hydrogen-bond donors (Lipinski definition) is 1. The van der Waals surface area contributed by atoms with E-state index in [9.17, 15) is 4.79 Å². The number of carboxylic acids is 1. The van der Waals surface area contributed by atoms with E-state index in [1.165, 1.54) is 5.56 Å². The molecule has 0 aliphatic heterocycles. The number of benzene rings is 2. The number of imidazole rings is 1. The summed E-state index contributed by atoms with van der Waals surface area (Å²) in [6.45, 7) is 2.04. The summed E-state index contributed by atoms with van der Waals surface area (Å²) in [5, 5.41) is 9.04. The molecule has 3 aromatic rings. The van der Waals surface area contributed by atoms with Crippen molar-refractivity contribution >= 4 is 17.0 Å². The molecular formula is C16H14N2O2. The first kappa shape index (κ1) is 12.4. The van der Waals surface area contributed by atoms with Crippen molar-refractivity contribution in [2.45, 2.75) is 6.92 Å². The number of aromatic nitrogens is 2. The highest BCUT2D eigenvalue weighted by molar-refractivity contribution is 5.93. The summed E-state index contributed by atoms with van der Waals surface area (Å²) in [4.78, 5) is 15.6. The lowest BCUT2D eigenvalue weighted by molar-refractivity contribution is 0.0697. The molecule has 1 heterocycles. The number of fused-ring (bicyclic) bond motifs is 1. The number of nitrogens with zero attached hydrogens (tertiary/aromatic N) is 2. The van der Waals surface area contributed by atoms with Gasteiger partial charge in [-0.15, -0.1) is 0 Å². The molecule has 0 fully saturated rings. The van der Waals surface area contributed by atoms with Crippen LogP contribution in [0.3, 0.4) is 0 Å². The molecule has 4 nitrogen and oxygen atoms in total. The molecule has 0 radical (unpaired) electrons. The Kier molecular flexibility index (Phi) is 2.79. The second-order valence-electron chi connectivity index (χ2n) is 4.87. The molecule has 0 aliphatic carbocycles. The van der Waals surface area contributed by atoms with Gasteiger partial charge in [-0.25, -0.2) is 9.78 Å². The fraction of sp³-hybridized carbons (Fsp3) is 0.125. The molecule has 0 saturated carbocycles. The molecule has 20 heavy (non-hydrogen) atoms. The fourth-order valence-electron chi connectivity index (χ4n) is 2.38. The van der Waals surface area contributed by atoms with Crippen molar-refractivity contribution in [2.24, 2.45) is 7.05 Å². The smallest absolute Gasteiger partial charge is 0.335 e. The SMILES string of the molecule is Cc1cccc(-c2nc3cc(C(=O)O)ccc3n2C)c1. The summed E-state index contributed by atoms with van der Waals surface area (Å²) in [7, 11) is 1.94. The molecule has 2 aromatic carbocycles. The number of aryl methyl sites for hydroxylation is 2. The lowest BCUT2D eigenvalue weighted by atomic mass is 10.1. The molecule has 0 unspecified atom stereocenters. The number of hydrogen-bond acceptors (Lipinski definition) is 2. The molecule has 0 bridgehead atoms. The highest BCUT2D eigenvalue weighted by atomic mass is 16.4. The second kappa shape index (κ2) is 4.49. The quantitative estimate of drug-likeness (QED) is 0.774. The largest absolute Gasteiger partial charge is 0.478 e. The summed E-state index contributed by atoms with van der Waals surface area (Å²) in [5.41, 5.74) is 4.07. The van der Waals surface area contributed by atoms with Gasteiger partial charge < -0.3 is 9.67 Å². The lowest BCUT2D eigenvalue weighted by Crippen LogP contribution is -1.95. The third-order valence-electron chi connectivity index (χ3n) is 3.40. The summed E-state index contributed by atoms with van der Waals surface area (Å²) in [6, 6.07) is 13.1. The molecule has 3 rings (SSSR count). The van der Waals surface area contributed by atoms with E-state index in [0.29, 0.717) is 5.52 Å². The van der Waals surface area contributed by atoms with E-state index in [-0.39, 0.29) is 5.56 Å². The van der Waals surface area contributed by atoms with Gasteiger partial charge in [-0.05, 0) is 31.2 Å². The van der Waals surface area contributed by atoms with Gasteiger partial charge in [0.05, 0.1) is 16.6 Å². The monoisotopic (exact) mass is 266 g/mol. The van der Waals surface area contributed by atoms with Crippen molar-refractivity contribution in [3.05, 3.63) is 53.6 Å². The summed E-state index contributed by atoms with van der Waals surface area (Å²) < 4.78 is 1.98. The van der Waals surface area contributed by atoms with E-state index in [1.54, 1.807) is 18.2 Å². The van der Waals surface area contributed by atoms with Crippen LogP contribution in [0, 0.1) is 6.92 Å². The third-order valence-corrected chi connectivity index (χ3v) is 3.40. The van der Waals surface area contributed by atoms with E-state index in [2.05, 4.69) is 11.1 Å². The molecule has 0 aliphatic rings. The Morgan fingerprint density at radius 1 is 1.20 bits per heavy atom. The average Bonchev–Trinajstić information content (AvgIpc) is 2.75. The van der Waals surface area contributed by atoms with Crippen molar-refractivity contribution in [2.75, 3.05) is 0 Å². The number of rotatable bonds is 2. The van der Waals surface area contributed by atoms with E-state index in [1.807, 2.05) is 36.7 Å². The maximum Gasteiger partial charge on any atom is 0.335 e. The maximum atomic E-state index is 11.0. The predicted molar refractivity (Wildman–Crippen MR) is 77.8 cm³/mol. The highest BCUT2D eigenvalue weighted by Crippen LogP contribution is 2.25. The van der Waals surface area contributed by atoms with Crippen molar-refractivity contribution in [1.29, 1.82) is 0 Å². The van der Waals surface area contributed by atoms with Crippen LogP contribution in [0.25, 0.3) is 22.4 Å². The van der Waals surface area contributed by atoms with Gasteiger partial charge in [0.15, 0.2) is 0 Å². The van der Waals surface area contributed by atoms with Crippen molar-refractivity contribution in [3.63, 3.8) is 0 Å². The van der Waals surface area contributed by atoms with Gasteiger partial charge >= 0.3 is 5.97 Å². The van der Waals surface area contributed by atoms with Gasteiger partial charge in [0.25, 0.3) is 0 Å². The van der Waals surface area contributed by atoms with E-state index < -0.39 is 5.97 Å². The predicted octanol–water partition coefficient (Wildman–Crippen LogP) is 3.25. The first-order chi connectivity index (χ1) is 9.56. The van der Waals surface area contributed by atoms with Crippen LogP contribution in [0.15, 0.2) is 42.5 Å². The van der Waals surface area contributed by atoms with E-state index >= 15 is 0 Å². The Bertz CT molecular complexity index is 818. The van der Waals surface area contributed by atoms with E-state index in [4.69, 9.17) is 5.11 Å². The third kappa shape index (κ3) is 1.95. The molecule has 0 amide bonds.